The van der Waals surface area contributed by atoms with Gasteiger partial charge in [-0.25, -0.2) is 14.4 Å². The van der Waals surface area contributed by atoms with Crippen molar-refractivity contribution in [3.63, 3.8) is 0 Å². The maximum atomic E-state index is 15.2. The van der Waals surface area contributed by atoms with Gasteiger partial charge in [0, 0.05) is 59.1 Å². The molecule has 45 heavy (non-hydrogen) atoms. The Labute approximate surface area is 255 Å². The van der Waals surface area contributed by atoms with Crippen molar-refractivity contribution >= 4 is 22.6 Å². The van der Waals surface area contributed by atoms with Gasteiger partial charge >= 0.3 is 6.18 Å². The number of ether oxygens (including phenoxy) is 2. The number of rotatable bonds is 8. The quantitative estimate of drug-likeness (QED) is 0.181. The Balaban J connectivity index is 1.13. The van der Waals surface area contributed by atoms with E-state index in [-0.39, 0.29) is 12.1 Å². The number of hydrogen-bond acceptors (Lipinski definition) is 6. The van der Waals surface area contributed by atoms with Crippen LogP contribution in [0.2, 0.25) is 0 Å². The molecule has 0 atom stereocenters. The largest absolute Gasteiger partial charge is 0.481 e. The molecule has 8 nitrogen and oxygen atoms in total. The van der Waals surface area contributed by atoms with Gasteiger partial charge in [0.25, 0.3) is 0 Å². The Bertz CT molecular complexity index is 1830. The zero-order valence-electron chi connectivity index (χ0n) is 24.2. The molecule has 1 amide bonds. The highest BCUT2D eigenvalue weighted by Gasteiger charge is 2.35. The van der Waals surface area contributed by atoms with E-state index in [2.05, 4.69) is 30.0 Å². The first-order valence-corrected chi connectivity index (χ1v) is 14.4. The lowest BCUT2D eigenvalue weighted by Crippen LogP contribution is -2.17. The summed E-state index contributed by atoms with van der Waals surface area (Å²) >= 11 is 0. The zero-order chi connectivity index (χ0) is 31.6. The molecule has 1 saturated heterocycles. The van der Waals surface area contributed by atoms with Crippen LogP contribution in [0.25, 0.3) is 33.4 Å². The van der Waals surface area contributed by atoms with Gasteiger partial charge in [0.2, 0.25) is 11.8 Å². The molecule has 232 valence electrons. The molecule has 1 aliphatic rings. The van der Waals surface area contributed by atoms with E-state index in [0.717, 1.165) is 74.2 Å². The number of anilines is 1. The standard InChI is InChI=1S/C33H29F4N5O3/c1-44-32-27(33(35,36)37)15-25(18-40-32)41-30(43)12-20-2-5-26(28(34)11-20)23-13-22-14-29(42-31(22)39-17-23)21-3-4-24(38-16-21)10-19-6-8-45-9-7-19/h2-5,11,13-19H,6-10,12H2,1H3,(H,39,42)(H,41,43). The van der Waals surface area contributed by atoms with Crippen molar-refractivity contribution in [2.24, 2.45) is 5.92 Å². The van der Waals surface area contributed by atoms with Crippen LogP contribution in [0.15, 0.2) is 67.1 Å². The Hall–Kier alpha value is -4.84. The summed E-state index contributed by atoms with van der Waals surface area (Å²) in [6.07, 6.45) is 2.53. The lowest BCUT2D eigenvalue weighted by Gasteiger charge is -2.21. The first kappa shape index (κ1) is 30.2. The molecule has 1 fully saturated rings. The number of hydrogen-bond donors (Lipinski definition) is 2. The molecule has 1 aromatic carbocycles. The third-order valence-electron chi connectivity index (χ3n) is 7.79. The van der Waals surface area contributed by atoms with E-state index in [4.69, 9.17) is 4.74 Å². The molecule has 1 aliphatic heterocycles. The molecule has 0 aliphatic carbocycles. The van der Waals surface area contributed by atoms with Crippen LogP contribution in [0.4, 0.5) is 23.2 Å². The van der Waals surface area contributed by atoms with E-state index in [1.807, 2.05) is 30.5 Å². The van der Waals surface area contributed by atoms with Crippen LogP contribution in [-0.4, -0.2) is 46.2 Å². The Morgan fingerprint density at radius 1 is 1.00 bits per heavy atom. The lowest BCUT2D eigenvalue weighted by molar-refractivity contribution is -0.139. The monoisotopic (exact) mass is 619 g/mol. The summed E-state index contributed by atoms with van der Waals surface area (Å²) in [6.45, 7) is 1.61. The summed E-state index contributed by atoms with van der Waals surface area (Å²) in [6, 6.07) is 12.9. The number of aromatic nitrogens is 4. The van der Waals surface area contributed by atoms with Crippen LogP contribution in [0, 0.1) is 11.7 Å². The molecule has 0 spiro atoms. The highest BCUT2D eigenvalue weighted by molar-refractivity contribution is 5.92. The molecule has 2 N–H and O–H groups in total. The Kier molecular flexibility index (Phi) is 8.48. The van der Waals surface area contributed by atoms with Crippen LogP contribution >= 0.6 is 0 Å². The van der Waals surface area contributed by atoms with Crippen LogP contribution in [0.3, 0.4) is 0 Å². The van der Waals surface area contributed by atoms with Crippen LogP contribution < -0.4 is 10.1 Å². The predicted octanol–water partition coefficient (Wildman–Crippen LogP) is 7.00. The van der Waals surface area contributed by atoms with Gasteiger partial charge in [-0.05, 0) is 67.1 Å². The van der Waals surface area contributed by atoms with Crippen molar-refractivity contribution in [2.75, 3.05) is 25.6 Å². The smallest absolute Gasteiger partial charge is 0.421 e. The average Bonchev–Trinajstić information content (AvgIpc) is 3.45. The maximum Gasteiger partial charge on any atom is 0.421 e. The summed E-state index contributed by atoms with van der Waals surface area (Å²) in [5.74, 6) is -1.20. The number of halogens is 4. The number of carbonyl (C=O) groups is 1. The lowest BCUT2D eigenvalue weighted by atomic mass is 9.94. The molecule has 0 saturated carbocycles. The van der Waals surface area contributed by atoms with Crippen LogP contribution in [0.5, 0.6) is 5.88 Å². The summed E-state index contributed by atoms with van der Waals surface area (Å²) in [4.78, 5) is 28.6. The molecular formula is C33H29F4N5O3. The van der Waals surface area contributed by atoms with E-state index in [1.54, 1.807) is 18.3 Å². The summed E-state index contributed by atoms with van der Waals surface area (Å²) in [7, 11) is 1.07. The van der Waals surface area contributed by atoms with Crippen molar-refractivity contribution in [3.05, 3.63) is 89.8 Å². The van der Waals surface area contributed by atoms with E-state index in [1.165, 1.54) is 6.07 Å². The van der Waals surface area contributed by atoms with Gasteiger partial charge in [0.05, 0.1) is 25.4 Å². The predicted molar refractivity (Wildman–Crippen MR) is 160 cm³/mol. The minimum absolute atomic E-state index is 0.155. The summed E-state index contributed by atoms with van der Waals surface area (Å²) in [5.41, 5.74) is 3.38. The fourth-order valence-corrected chi connectivity index (χ4v) is 5.45. The molecular weight excluding hydrogens is 590 g/mol. The number of aromatic amines is 1. The molecule has 0 bridgehead atoms. The molecule has 0 radical (unpaired) electrons. The molecule has 12 heteroatoms. The number of nitrogens with zero attached hydrogens (tertiary/aromatic N) is 3. The first-order chi connectivity index (χ1) is 21.7. The number of amides is 1. The molecule has 5 aromatic rings. The number of H-pyrrole nitrogens is 1. The second-order valence-corrected chi connectivity index (χ2v) is 11.0. The van der Waals surface area contributed by atoms with Crippen molar-refractivity contribution < 1.29 is 31.8 Å². The van der Waals surface area contributed by atoms with E-state index < -0.39 is 29.3 Å². The van der Waals surface area contributed by atoms with Crippen molar-refractivity contribution in [3.8, 4) is 28.3 Å². The summed E-state index contributed by atoms with van der Waals surface area (Å²) < 4.78 is 65.2. The topological polar surface area (TPSA) is 102 Å². The molecule has 6 rings (SSSR count). The van der Waals surface area contributed by atoms with Gasteiger partial charge in [0.1, 0.15) is 17.0 Å². The number of benzene rings is 1. The van der Waals surface area contributed by atoms with E-state index >= 15 is 4.39 Å². The number of methoxy groups -OCH3 is 1. The fraction of sp³-hybridized carbons (Fsp3) is 0.273. The number of nitrogens with one attached hydrogen (secondary N) is 2. The van der Waals surface area contributed by atoms with E-state index in [9.17, 15) is 18.0 Å². The van der Waals surface area contributed by atoms with Crippen molar-refractivity contribution in [2.45, 2.75) is 31.9 Å². The average molecular weight is 620 g/mol. The van der Waals surface area contributed by atoms with Gasteiger partial charge < -0.3 is 19.8 Å². The first-order valence-electron chi connectivity index (χ1n) is 14.4. The third kappa shape index (κ3) is 6.96. The van der Waals surface area contributed by atoms with Gasteiger partial charge in [0.15, 0.2) is 0 Å². The molecule has 4 aromatic heterocycles. The van der Waals surface area contributed by atoms with Gasteiger partial charge in [-0.2, -0.15) is 13.2 Å². The Morgan fingerprint density at radius 3 is 2.51 bits per heavy atom. The number of fused-ring (bicyclic) bond motifs is 1. The number of pyridine rings is 3. The fourth-order valence-electron chi connectivity index (χ4n) is 5.45. The SMILES string of the molecule is COc1ncc(NC(=O)Cc2ccc(-c3cnc4[nH]c(-c5ccc(CC6CCOCC6)nc5)cc4c3)c(F)c2)cc1C(F)(F)F. The second-order valence-electron chi connectivity index (χ2n) is 11.0. The van der Waals surface area contributed by atoms with Gasteiger partial charge in [-0.3, -0.25) is 9.78 Å². The maximum absolute atomic E-state index is 15.2. The van der Waals surface area contributed by atoms with Crippen molar-refractivity contribution in [1.29, 1.82) is 0 Å². The third-order valence-corrected chi connectivity index (χ3v) is 7.79. The van der Waals surface area contributed by atoms with Gasteiger partial charge in [-0.1, -0.05) is 12.1 Å². The Morgan fingerprint density at radius 2 is 1.80 bits per heavy atom. The normalized spacial score (nSPS) is 14.1. The summed E-state index contributed by atoms with van der Waals surface area (Å²) in [5, 5.41) is 3.17. The highest BCUT2D eigenvalue weighted by atomic mass is 19.4. The molecule has 5 heterocycles. The number of alkyl halides is 3. The van der Waals surface area contributed by atoms with Crippen molar-refractivity contribution in [1.82, 2.24) is 19.9 Å². The number of carbonyl (C=O) groups excluding carboxylic acids is 1. The highest BCUT2D eigenvalue weighted by Crippen LogP contribution is 2.36. The second kappa shape index (κ2) is 12.6. The van der Waals surface area contributed by atoms with Crippen LogP contribution in [0.1, 0.15) is 29.7 Å². The van der Waals surface area contributed by atoms with Gasteiger partial charge in [-0.15, -0.1) is 0 Å². The molecule has 0 unspecified atom stereocenters. The zero-order valence-corrected chi connectivity index (χ0v) is 24.2. The van der Waals surface area contributed by atoms with Crippen LogP contribution in [-0.2, 0) is 28.5 Å². The minimum Gasteiger partial charge on any atom is -0.481 e. The van der Waals surface area contributed by atoms with E-state index in [0.29, 0.717) is 28.3 Å². The minimum atomic E-state index is -4.72.